The van der Waals surface area contributed by atoms with Crippen LogP contribution in [0.3, 0.4) is 0 Å². The third-order valence-corrected chi connectivity index (χ3v) is 6.28. The molecule has 4 rings (SSSR count). The fraction of sp³-hybridized carbons (Fsp3) is 0.100. The Bertz CT molecular complexity index is 1290. The van der Waals surface area contributed by atoms with E-state index in [0.29, 0.717) is 11.5 Å². The van der Waals surface area contributed by atoms with Gasteiger partial charge in [-0.2, -0.15) is 0 Å². The summed E-state index contributed by atoms with van der Waals surface area (Å²) in [6.07, 6.45) is 1.41. The predicted molar refractivity (Wildman–Crippen MR) is 104 cm³/mol. The van der Waals surface area contributed by atoms with Crippen molar-refractivity contribution in [2.24, 2.45) is 0 Å². The average Bonchev–Trinajstić information content (AvgIpc) is 3.08. The fourth-order valence-electron chi connectivity index (χ4n) is 2.97. The number of anilines is 1. The summed E-state index contributed by atoms with van der Waals surface area (Å²) in [5.74, 6) is -0.502. The predicted octanol–water partition coefficient (Wildman–Crippen LogP) is 3.71. The van der Waals surface area contributed by atoms with Crippen LogP contribution in [0.5, 0.6) is 0 Å². The Labute approximate surface area is 166 Å². The second kappa shape index (κ2) is 7.25. The maximum Gasteiger partial charge on any atom is 0.266 e. The molecule has 2 aromatic carbocycles. The van der Waals surface area contributed by atoms with Gasteiger partial charge in [0.1, 0.15) is 22.4 Å². The van der Waals surface area contributed by atoms with E-state index < -0.39 is 21.7 Å². The summed E-state index contributed by atoms with van der Waals surface area (Å²) in [4.78, 5) is -0.0198. The van der Waals surface area contributed by atoms with Crippen molar-refractivity contribution in [1.82, 2.24) is 14.6 Å². The number of hydrogen-bond donors (Lipinski definition) is 0. The van der Waals surface area contributed by atoms with Crippen LogP contribution in [0.15, 0.2) is 71.8 Å². The molecule has 0 amide bonds. The first-order valence-electron chi connectivity index (χ1n) is 8.69. The molecule has 0 atom stereocenters. The minimum atomic E-state index is -4.10. The van der Waals surface area contributed by atoms with Gasteiger partial charge in [0.05, 0.1) is 12.2 Å². The molecule has 6 nitrogen and oxygen atoms in total. The first-order valence-corrected chi connectivity index (χ1v) is 10.1. The third kappa shape index (κ3) is 3.56. The Morgan fingerprint density at radius 2 is 1.69 bits per heavy atom. The number of sulfonamides is 1. The van der Waals surface area contributed by atoms with Crippen molar-refractivity contribution in [3.8, 4) is 0 Å². The number of benzene rings is 2. The SMILES string of the molecule is Cc1nnc2ccc(S(=O)(=O)N(Cc3ccccc3F)c3ccc(F)cc3)cn12. The molecule has 0 fully saturated rings. The lowest BCUT2D eigenvalue weighted by atomic mass is 10.2. The van der Waals surface area contributed by atoms with E-state index in [9.17, 15) is 17.2 Å². The standard InChI is InChI=1S/C20H16F2N4O2S/c1-14-23-24-20-11-10-18(13-25(14)20)29(27,28)26(17-8-6-16(21)7-9-17)12-15-4-2-3-5-19(15)22/h2-11,13H,12H2,1H3. The van der Waals surface area contributed by atoms with Gasteiger partial charge in [0.25, 0.3) is 10.0 Å². The summed E-state index contributed by atoms with van der Waals surface area (Å²) in [6.45, 7) is 1.45. The first kappa shape index (κ1) is 19.0. The highest BCUT2D eigenvalue weighted by atomic mass is 32.2. The average molecular weight is 414 g/mol. The van der Waals surface area contributed by atoms with Gasteiger partial charge in [0, 0.05) is 11.8 Å². The number of halogens is 2. The molecule has 0 saturated heterocycles. The second-order valence-corrected chi connectivity index (χ2v) is 8.28. The molecule has 0 N–H and O–H groups in total. The summed E-state index contributed by atoms with van der Waals surface area (Å²) in [6, 6.07) is 13.9. The van der Waals surface area contributed by atoms with Gasteiger partial charge in [-0.15, -0.1) is 10.2 Å². The third-order valence-electron chi connectivity index (χ3n) is 4.52. The van der Waals surface area contributed by atoms with Crippen LogP contribution in [0.1, 0.15) is 11.4 Å². The fourth-order valence-corrected chi connectivity index (χ4v) is 4.41. The van der Waals surface area contributed by atoms with E-state index in [-0.39, 0.29) is 22.7 Å². The Balaban J connectivity index is 1.84. The maximum absolute atomic E-state index is 14.2. The normalized spacial score (nSPS) is 11.7. The number of rotatable bonds is 5. The summed E-state index contributed by atoms with van der Waals surface area (Å²) >= 11 is 0. The number of pyridine rings is 1. The van der Waals surface area contributed by atoms with E-state index in [0.717, 1.165) is 16.4 Å². The van der Waals surface area contributed by atoms with Crippen molar-refractivity contribution >= 4 is 21.4 Å². The molecule has 0 spiro atoms. The van der Waals surface area contributed by atoms with Crippen molar-refractivity contribution in [2.75, 3.05) is 4.31 Å². The van der Waals surface area contributed by atoms with Crippen LogP contribution >= 0.6 is 0 Å². The van der Waals surface area contributed by atoms with E-state index in [1.54, 1.807) is 23.5 Å². The van der Waals surface area contributed by atoms with E-state index in [1.807, 2.05) is 0 Å². The summed E-state index contributed by atoms with van der Waals surface area (Å²) < 4.78 is 57.2. The molecular formula is C20H16F2N4O2S. The van der Waals surface area contributed by atoms with Crippen molar-refractivity contribution in [3.05, 3.63) is 89.9 Å². The van der Waals surface area contributed by atoms with Crippen LogP contribution in [-0.2, 0) is 16.6 Å². The molecule has 4 aromatic rings. The Kier molecular flexibility index (Phi) is 4.75. The summed E-state index contributed by atoms with van der Waals surface area (Å²) in [5.41, 5.74) is 0.918. The highest BCUT2D eigenvalue weighted by Crippen LogP contribution is 2.27. The zero-order valence-corrected chi connectivity index (χ0v) is 16.1. The molecule has 148 valence electrons. The molecule has 2 heterocycles. The van der Waals surface area contributed by atoms with Crippen molar-refractivity contribution in [3.63, 3.8) is 0 Å². The zero-order chi connectivity index (χ0) is 20.6. The van der Waals surface area contributed by atoms with Crippen molar-refractivity contribution in [2.45, 2.75) is 18.4 Å². The van der Waals surface area contributed by atoms with Gasteiger partial charge in [-0.1, -0.05) is 18.2 Å². The molecule has 0 aliphatic rings. The first-order chi connectivity index (χ1) is 13.9. The lowest BCUT2D eigenvalue weighted by Gasteiger charge is -2.25. The lowest BCUT2D eigenvalue weighted by molar-refractivity contribution is 0.584. The van der Waals surface area contributed by atoms with Gasteiger partial charge in [0.15, 0.2) is 5.65 Å². The smallest absolute Gasteiger partial charge is 0.266 e. The minimum Gasteiger partial charge on any atom is -0.285 e. The van der Waals surface area contributed by atoms with Gasteiger partial charge in [0.2, 0.25) is 0 Å². The van der Waals surface area contributed by atoms with E-state index in [2.05, 4.69) is 10.2 Å². The van der Waals surface area contributed by atoms with Gasteiger partial charge in [-0.05, 0) is 49.4 Å². The molecule has 0 unspecified atom stereocenters. The minimum absolute atomic E-state index is 0.0198. The number of aryl methyl sites for hydroxylation is 1. The largest absolute Gasteiger partial charge is 0.285 e. The van der Waals surface area contributed by atoms with Crippen LogP contribution in [0.25, 0.3) is 5.65 Å². The zero-order valence-electron chi connectivity index (χ0n) is 15.3. The van der Waals surface area contributed by atoms with Crippen LogP contribution < -0.4 is 4.31 Å². The van der Waals surface area contributed by atoms with E-state index in [4.69, 9.17) is 0 Å². The van der Waals surface area contributed by atoms with Crippen molar-refractivity contribution in [1.29, 1.82) is 0 Å². The van der Waals surface area contributed by atoms with Gasteiger partial charge in [-0.3, -0.25) is 8.71 Å². The Hall–Kier alpha value is -3.33. The highest BCUT2D eigenvalue weighted by Gasteiger charge is 2.27. The quantitative estimate of drug-likeness (QED) is 0.499. The molecule has 9 heteroatoms. The van der Waals surface area contributed by atoms with Crippen LogP contribution in [0.4, 0.5) is 14.5 Å². The van der Waals surface area contributed by atoms with E-state index in [1.165, 1.54) is 42.6 Å². The van der Waals surface area contributed by atoms with Gasteiger partial charge in [-0.25, -0.2) is 17.2 Å². The van der Waals surface area contributed by atoms with Gasteiger partial charge >= 0.3 is 0 Å². The molecule has 0 bridgehead atoms. The molecule has 0 aliphatic heterocycles. The molecule has 29 heavy (non-hydrogen) atoms. The molecule has 0 radical (unpaired) electrons. The topological polar surface area (TPSA) is 67.6 Å². The number of aromatic nitrogens is 3. The number of nitrogens with zero attached hydrogens (tertiary/aromatic N) is 4. The Morgan fingerprint density at radius 1 is 0.966 bits per heavy atom. The molecule has 2 aromatic heterocycles. The van der Waals surface area contributed by atoms with Crippen molar-refractivity contribution < 1.29 is 17.2 Å². The molecular weight excluding hydrogens is 398 g/mol. The summed E-state index contributed by atoms with van der Waals surface area (Å²) in [7, 11) is -4.10. The van der Waals surface area contributed by atoms with E-state index >= 15 is 0 Å². The highest BCUT2D eigenvalue weighted by molar-refractivity contribution is 7.92. The Morgan fingerprint density at radius 3 is 2.41 bits per heavy atom. The lowest BCUT2D eigenvalue weighted by Crippen LogP contribution is -2.31. The summed E-state index contributed by atoms with van der Waals surface area (Å²) in [5, 5.41) is 7.87. The molecule has 0 saturated carbocycles. The van der Waals surface area contributed by atoms with Crippen LogP contribution in [0, 0.1) is 18.6 Å². The van der Waals surface area contributed by atoms with Crippen LogP contribution in [0.2, 0.25) is 0 Å². The number of hydrogen-bond acceptors (Lipinski definition) is 4. The number of fused-ring (bicyclic) bond motifs is 1. The maximum atomic E-state index is 14.2. The molecule has 0 aliphatic carbocycles. The monoisotopic (exact) mass is 414 g/mol. The van der Waals surface area contributed by atoms with Gasteiger partial charge < -0.3 is 0 Å². The second-order valence-electron chi connectivity index (χ2n) is 6.42. The van der Waals surface area contributed by atoms with Crippen LogP contribution in [-0.4, -0.2) is 23.0 Å².